The van der Waals surface area contributed by atoms with Crippen LogP contribution in [-0.2, 0) is 39.3 Å². The van der Waals surface area contributed by atoms with Gasteiger partial charge in [-0.05, 0) is 34.9 Å². The quantitative estimate of drug-likeness (QED) is 0.126. The summed E-state index contributed by atoms with van der Waals surface area (Å²) in [5.74, 6) is -0.962. The number of pyridine rings is 3. The number of rotatable bonds is 12. The number of benzene rings is 1. The molecular formula is C27H30N6O6. The fraction of sp³-hybridized carbons (Fsp3) is 0.222. The molecule has 0 fully saturated rings. The highest BCUT2D eigenvalue weighted by atomic mass is 16.3. The van der Waals surface area contributed by atoms with Crippen LogP contribution in [0.5, 0.6) is 17.2 Å². The van der Waals surface area contributed by atoms with Crippen LogP contribution in [0.25, 0.3) is 0 Å². The van der Waals surface area contributed by atoms with Gasteiger partial charge in [0.1, 0.15) is 0 Å². The van der Waals surface area contributed by atoms with Crippen molar-refractivity contribution in [1.82, 2.24) is 30.9 Å². The lowest BCUT2D eigenvalue weighted by atomic mass is 10.0. The SMILES string of the molecule is O=c1[nH]ccc(CNCc2cc(CNCc3cc[nH]c(=O)c3O)cc(CNCc3cc[nH]c(=O)c3O)c2)c1O. The van der Waals surface area contributed by atoms with E-state index in [0.29, 0.717) is 36.3 Å². The van der Waals surface area contributed by atoms with E-state index in [0.717, 1.165) is 16.7 Å². The second-order valence-electron chi connectivity index (χ2n) is 9.01. The van der Waals surface area contributed by atoms with Crippen molar-refractivity contribution >= 4 is 0 Å². The monoisotopic (exact) mass is 534 g/mol. The van der Waals surface area contributed by atoms with E-state index in [1.165, 1.54) is 18.6 Å². The van der Waals surface area contributed by atoms with E-state index >= 15 is 0 Å². The van der Waals surface area contributed by atoms with Crippen LogP contribution in [0.3, 0.4) is 0 Å². The molecule has 0 aliphatic heterocycles. The van der Waals surface area contributed by atoms with E-state index in [1.807, 2.05) is 18.2 Å². The Morgan fingerprint density at radius 1 is 0.487 bits per heavy atom. The molecule has 0 atom stereocenters. The molecule has 4 aromatic rings. The lowest BCUT2D eigenvalue weighted by Crippen LogP contribution is -2.19. The van der Waals surface area contributed by atoms with Crippen molar-refractivity contribution in [3.8, 4) is 17.2 Å². The summed E-state index contributed by atoms with van der Waals surface area (Å²) in [6.07, 6.45) is 4.43. The van der Waals surface area contributed by atoms with E-state index in [1.54, 1.807) is 18.2 Å². The average molecular weight is 535 g/mol. The summed E-state index contributed by atoms with van der Waals surface area (Å²) in [4.78, 5) is 42.2. The van der Waals surface area contributed by atoms with E-state index in [-0.39, 0.29) is 36.9 Å². The number of aromatic hydroxyl groups is 3. The number of hydrogen-bond acceptors (Lipinski definition) is 9. The average Bonchev–Trinajstić information content (AvgIpc) is 2.91. The smallest absolute Gasteiger partial charge is 0.290 e. The predicted molar refractivity (Wildman–Crippen MR) is 144 cm³/mol. The molecule has 0 bridgehead atoms. The highest BCUT2D eigenvalue weighted by Crippen LogP contribution is 2.15. The third-order valence-corrected chi connectivity index (χ3v) is 6.10. The molecule has 1 aromatic carbocycles. The van der Waals surface area contributed by atoms with Crippen LogP contribution < -0.4 is 32.6 Å². The van der Waals surface area contributed by atoms with Crippen molar-refractivity contribution in [1.29, 1.82) is 0 Å². The van der Waals surface area contributed by atoms with Gasteiger partial charge in [0.25, 0.3) is 16.7 Å². The Labute approximate surface area is 222 Å². The summed E-state index contributed by atoms with van der Waals surface area (Å²) in [6, 6.07) is 10.9. The van der Waals surface area contributed by atoms with Gasteiger partial charge in [-0.3, -0.25) is 14.4 Å². The molecule has 0 saturated heterocycles. The zero-order valence-corrected chi connectivity index (χ0v) is 21.0. The van der Waals surface area contributed by atoms with Gasteiger partial charge in [-0.2, -0.15) is 0 Å². The Morgan fingerprint density at radius 3 is 1.05 bits per heavy atom. The standard InChI is InChI=1S/C27H30N6O6/c34-22-19(1-4-31-25(22)37)13-28-10-16-7-17(11-29-14-20-2-5-32-26(38)23(20)35)9-18(8-16)12-30-15-21-3-6-33-27(39)24(21)36/h1-9,28-30,34-36H,10-15H2,(H,31,37)(H,32,38)(H,33,39). The molecule has 0 amide bonds. The van der Waals surface area contributed by atoms with E-state index in [9.17, 15) is 29.7 Å². The third-order valence-electron chi connectivity index (χ3n) is 6.10. The number of hydrogen-bond donors (Lipinski definition) is 9. The first kappa shape index (κ1) is 27.4. The fourth-order valence-electron chi connectivity index (χ4n) is 4.13. The first-order chi connectivity index (χ1) is 18.8. The molecule has 0 aliphatic rings. The number of nitrogens with one attached hydrogen (secondary N) is 6. The Hall–Kier alpha value is -4.65. The molecule has 0 spiro atoms. The van der Waals surface area contributed by atoms with Gasteiger partial charge >= 0.3 is 0 Å². The number of aromatic amines is 3. The normalized spacial score (nSPS) is 11.1. The van der Waals surface area contributed by atoms with Crippen molar-refractivity contribution in [3.05, 3.63) is 119 Å². The van der Waals surface area contributed by atoms with E-state index in [4.69, 9.17) is 0 Å². The summed E-state index contributed by atoms with van der Waals surface area (Å²) in [5.41, 5.74) is 2.66. The third kappa shape index (κ3) is 7.23. The van der Waals surface area contributed by atoms with Gasteiger partial charge in [-0.15, -0.1) is 0 Å². The minimum atomic E-state index is -0.548. The van der Waals surface area contributed by atoms with E-state index < -0.39 is 16.7 Å². The maximum atomic E-state index is 11.6. The van der Waals surface area contributed by atoms with Gasteiger partial charge in [0, 0.05) is 74.5 Å². The van der Waals surface area contributed by atoms with Gasteiger partial charge in [-0.1, -0.05) is 18.2 Å². The zero-order valence-electron chi connectivity index (χ0n) is 21.0. The second-order valence-corrected chi connectivity index (χ2v) is 9.01. The van der Waals surface area contributed by atoms with Crippen LogP contribution in [0.15, 0.2) is 69.4 Å². The molecule has 3 aromatic heterocycles. The first-order valence-electron chi connectivity index (χ1n) is 12.2. The van der Waals surface area contributed by atoms with Crippen LogP contribution in [-0.4, -0.2) is 30.3 Å². The minimum absolute atomic E-state index is 0.287. The molecule has 0 radical (unpaired) electrons. The molecule has 0 aliphatic carbocycles. The number of aromatic nitrogens is 3. The summed E-state index contributed by atoms with van der Waals surface area (Å²) in [7, 11) is 0. The molecule has 204 valence electrons. The fourth-order valence-corrected chi connectivity index (χ4v) is 4.13. The Kier molecular flexibility index (Phi) is 8.94. The summed E-state index contributed by atoms with van der Waals surface area (Å²) in [5, 5.41) is 39.6. The topological polar surface area (TPSA) is 195 Å². The van der Waals surface area contributed by atoms with Crippen LogP contribution in [0.2, 0.25) is 0 Å². The van der Waals surface area contributed by atoms with Crippen LogP contribution in [0.1, 0.15) is 33.4 Å². The van der Waals surface area contributed by atoms with Gasteiger partial charge in [0.05, 0.1) is 0 Å². The van der Waals surface area contributed by atoms with Gasteiger partial charge in [0.2, 0.25) is 0 Å². The zero-order chi connectivity index (χ0) is 27.8. The highest BCUT2D eigenvalue weighted by molar-refractivity contribution is 5.33. The highest BCUT2D eigenvalue weighted by Gasteiger charge is 2.09. The molecule has 4 rings (SSSR count). The van der Waals surface area contributed by atoms with Crippen molar-refractivity contribution in [2.24, 2.45) is 0 Å². The number of H-pyrrole nitrogens is 3. The summed E-state index contributed by atoms with van der Waals surface area (Å²) >= 11 is 0. The summed E-state index contributed by atoms with van der Waals surface area (Å²) in [6.45, 7) is 2.23. The van der Waals surface area contributed by atoms with Gasteiger partial charge < -0.3 is 46.2 Å². The largest absolute Gasteiger partial charge is 0.503 e. The second kappa shape index (κ2) is 12.7. The van der Waals surface area contributed by atoms with Crippen molar-refractivity contribution in [3.63, 3.8) is 0 Å². The lowest BCUT2D eigenvalue weighted by molar-refractivity contribution is 0.455. The van der Waals surface area contributed by atoms with Crippen LogP contribution in [0.4, 0.5) is 0 Å². The Morgan fingerprint density at radius 2 is 0.769 bits per heavy atom. The molecule has 12 heteroatoms. The lowest BCUT2D eigenvalue weighted by Gasteiger charge is -2.13. The van der Waals surface area contributed by atoms with Gasteiger partial charge in [0.15, 0.2) is 17.2 Å². The first-order valence-corrected chi connectivity index (χ1v) is 12.2. The van der Waals surface area contributed by atoms with Crippen LogP contribution in [0, 0.1) is 0 Å². The maximum Gasteiger partial charge on any atom is 0.290 e. The molecule has 0 unspecified atom stereocenters. The van der Waals surface area contributed by atoms with E-state index in [2.05, 4.69) is 30.9 Å². The Balaban J connectivity index is 1.44. The van der Waals surface area contributed by atoms with Crippen molar-refractivity contribution < 1.29 is 15.3 Å². The molecule has 3 heterocycles. The molecule has 12 nitrogen and oxygen atoms in total. The maximum absolute atomic E-state index is 11.6. The van der Waals surface area contributed by atoms with Crippen molar-refractivity contribution in [2.75, 3.05) is 0 Å². The van der Waals surface area contributed by atoms with Crippen LogP contribution >= 0.6 is 0 Å². The molecule has 9 N–H and O–H groups in total. The van der Waals surface area contributed by atoms with Crippen molar-refractivity contribution in [2.45, 2.75) is 39.3 Å². The molecular weight excluding hydrogens is 504 g/mol. The minimum Gasteiger partial charge on any atom is -0.503 e. The molecule has 0 saturated carbocycles. The Bertz CT molecular complexity index is 1410. The van der Waals surface area contributed by atoms with Gasteiger partial charge in [-0.25, -0.2) is 0 Å². The summed E-state index contributed by atoms with van der Waals surface area (Å²) < 4.78 is 0. The predicted octanol–water partition coefficient (Wildman–Crippen LogP) is 0.738. The molecule has 39 heavy (non-hydrogen) atoms.